The molecule has 12 heteroatoms. The van der Waals surface area contributed by atoms with Crippen molar-refractivity contribution in [2.24, 2.45) is 0 Å². The first-order valence-electron chi connectivity index (χ1n) is 11.1. The van der Waals surface area contributed by atoms with Crippen LogP contribution in [0.15, 0.2) is 24.4 Å². The first-order chi connectivity index (χ1) is 16.2. The Hall–Kier alpha value is -2.89. The van der Waals surface area contributed by atoms with Crippen LogP contribution in [0.5, 0.6) is 0 Å². The van der Waals surface area contributed by atoms with Gasteiger partial charge in [-0.25, -0.2) is 23.4 Å². The van der Waals surface area contributed by atoms with Crippen LogP contribution in [0.4, 0.5) is 14.7 Å². The summed E-state index contributed by atoms with van der Waals surface area (Å²) in [5.74, 6) is 0.227. The number of fused-ring (bicyclic) bond motifs is 2. The summed E-state index contributed by atoms with van der Waals surface area (Å²) in [5.41, 5.74) is 3.04. The van der Waals surface area contributed by atoms with Crippen molar-refractivity contribution in [3.8, 4) is 11.3 Å². The molecule has 0 radical (unpaired) electrons. The average molecular weight is 492 g/mol. The van der Waals surface area contributed by atoms with Crippen LogP contribution >= 0.6 is 12.4 Å². The van der Waals surface area contributed by atoms with Gasteiger partial charge in [0.1, 0.15) is 0 Å². The lowest BCUT2D eigenvalue weighted by molar-refractivity contribution is 0.0673. The summed E-state index contributed by atoms with van der Waals surface area (Å²) < 4.78 is 39.7. The minimum atomic E-state index is -2.68. The Kier molecular flexibility index (Phi) is 6.32. The summed E-state index contributed by atoms with van der Waals surface area (Å²) in [6.45, 7) is 3.93. The molecule has 2 fully saturated rings. The number of alkyl halides is 2. The fraction of sp³-hybridized carbons (Fsp3) is 0.455. The van der Waals surface area contributed by atoms with Crippen LogP contribution in [0.1, 0.15) is 31.1 Å². The molecule has 4 aromatic rings. The molecule has 1 aromatic carbocycles. The number of aromatic nitrogens is 6. The number of nitrogens with one attached hydrogen (secondary N) is 1. The van der Waals surface area contributed by atoms with Crippen molar-refractivity contribution in [1.29, 1.82) is 0 Å². The first-order valence-corrected chi connectivity index (χ1v) is 11.1. The second-order valence-electron chi connectivity index (χ2n) is 8.27. The number of imidazole rings is 1. The fourth-order valence-corrected chi connectivity index (χ4v) is 4.57. The molecule has 1 N–H and O–H groups in total. The molecule has 0 unspecified atom stereocenters. The van der Waals surface area contributed by atoms with E-state index < -0.39 is 6.43 Å². The highest BCUT2D eigenvalue weighted by Gasteiger charge is 2.25. The number of nitrogens with zero attached hydrogens (tertiary/aromatic N) is 6. The zero-order chi connectivity index (χ0) is 22.4. The van der Waals surface area contributed by atoms with Gasteiger partial charge in [0.15, 0.2) is 11.5 Å². The van der Waals surface area contributed by atoms with Gasteiger partial charge in [-0.2, -0.15) is 10.1 Å². The van der Waals surface area contributed by atoms with Gasteiger partial charge in [0.25, 0.3) is 6.43 Å². The number of rotatable bonds is 4. The maximum atomic E-state index is 13.3. The van der Waals surface area contributed by atoms with Crippen LogP contribution in [0, 0.1) is 0 Å². The van der Waals surface area contributed by atoms with Gasteiger partial charge < -0.3 is 19.4 Å². The number of H-pyrrole nitrogens is 1. The number of halogens is 3. The van der Waals surface area contributed by atoms with E-state index in [0.29, 0.717) is 67.8 Å². The molecule has 6 rings (SSSR count). The minimum absolute atomic E-state index is 0. The molecule has 9 nitrogen and oxygen atoms in total. The van der Waals surface area contributed by atoms with E-state index in [4.69, 9.17) is 19.4 Å². The van der Waals surface area contributed by atoms with Crippen LogP contribution in [-0.2, 0) is 9.47 Å². The van der Waals surface area contributed by atoms with Crippen LogP contribution in [0.25, 0.3) is 33.3 Å². The summed E-state index contributed by atoms with van der Waals surface area (Å²) in [7, 11) is 0. The standard InChI is InChI=1S/C22H23F2N7O2.ClH/c23-19(24)20-26-16-3-1-2-14(18(16)27-20)17-15-12-25-31(13-4-8-32-9-5-13)21(15)29-22(28-17)30-6-10-33-11-7-30;/h1-3,12-13,19H,4-11H2,(H,26,27);1H. The Morgan fingerprint density at radius 1 is 1.00 bits per heavy atom. The average Bonchev–Trinajstić information content (AvgIpc) is 3.49. The molecule has 0 spiro atoms. The molecule has 3 aromatic heterocycles. The summed E-state index contributed by atoms with van der Waals surface area (Å²) >= 11 is 0. The number of morpholine rings is 1. The lowest BCUT2D eigenvalue weighted by Gasteiger charge is -2.27. The van der Waals surface area contributed by atoms with E-state index in [2.05, 4.69) is 20.0 Å². The fourth-order valence-electron chi connectivity index (χ4n) is 4.57. The molecule has 180 valence electrons. The monoisotopic (exact) mass is 491 g/mol. The van der Waals surface area contributed by atoms with E-state index >= 15 is 0 Å². The Morgan fingerprint density at radius 3 is 2.53 bits per heavy atom. The minimum Gasteiger partial charge on any atom is -0.381 e. The van der Waals surface area contributed by atoms with Crippen LogP contribution in [-0.4, -0.2) is 69.2 Å². The van der Waals surface area contributed by atoms with Crippen molar-refractivity contribution in [2.45, 2.75) is 25.3 Å². The first kappa shape index (κ1) is 22.9. The van der Waals surface area contributed by atoms with Gasteiger partial charge in [-0.15, -0.1) is 12.4 Å². The van der Waals surface area contributed by atoms with Gasteiger partial charge in [-0.1, -0.05) is 12.1 Å². The highest BCUT2D eigenvalue weighted by molar-refractivity contribution is 6.00. The number of aromatic amines is 1. The van der Waals surface area contributed by atoms with Crippen LogP contribution in [0.3, 0.4) is 0 Å². The molecule has 0 amide bonds. The lowest BCUT2D eigenvalue weighted by atomic mass is 10.1. The lowest BCUT2D eigenvalue weighted by Crippen LogP contribution is -2.37. The van der Waals surface area contributed by atoms with Crippen LogP contribution < -0.4 is 4.90 Å². The number of ether oxygens (including phenoxy) is 2. The third-order valence-corrected chi connectivity index (χ3v) is 6.27. The molecule has 0 bridgehead atoms. The summed E-state index contributed by atoms with van der Waals surface area (Å²) in [6.07, 6.45) is 0.796. The summed E-state index contributed by atoms with van der Waals surface area (Å²) in [4.78, 5) is 18.8. The zero-order valence-corrected chi connectivity index (χ0v) is 19.1. The van der Waals surface area contributed by atoms with Gasteiger partial charge >= 0.3 is 0 Å². The van der Waals surface area contributed by atoms with E-state index in [9.17, 15) is 8.78 Å². The van der Waals surface area contributed by atoms with Gasteiger partial charge in [0, 0.05) is 31.9 Å². The smallest absolute Gasteiger partial charge is 0.295 e. The molecule has 0 aliphatic carbocycles. The predicted octanol–water partition coefficient (Wildman–Crippen LogP) is 3.92. The van der Waals surface area contributed by atoms with Crippen molar-refractivity contribution in [2.75, 3.05) is 44.4 Å². The number of benzene rings is 1. The molecule has 5 heterocycles. The number of para-hydroxylation sites is 1. The molecule has 0 atom stereocenters. The van der Waals surface area contributed by atoms with E-state index in [1.54, 1.807) is 12.3 Å². The van der Waals surface area contributed by atoms with Gasteiger partial charge in [0.05, 0.1) is 47.6 Å². The largest absolute Gasteiger partial charge is 0.381 e. The van der Waals surface area contributed by atoms with Gasteiger partial charge in [0.2, 0.25) is 5.95 Å². The molecular formula is C22H24ClF2N7O2. The topological polar surface area (TPSA) is 94.0 Å². The van der Waals surface area contributed by atoms with Gasteiger partial charge in [-0.3, -0.25) is 0 Å². The highest BCUT2D eigenvalue weighted by Crippen LogP contribution is 2.35. The second-order valence-corrected chi connectivity index (χ2v) is 8.27. The molecule has 2 saturated heterocycles. The zero-order valence-electron chi connectivity index (χ0n) is 18.3. The molecule has 34 heavy (non-hydrogen) atoms. The normalized spacial score (nSPS) is 17.6. The van der Waals surface area contributed by atoms with Crippen LogP contribution in [0.2, 0.25) is 0 Å². The van der Waals surface area contributed by atoms with Gasteiger partial charge in [-0.05, 0) is 18.9 Å². The number of hydrogen-bond acceptors (Lipinski definition) is 7. The number of hydrogen-bond donors (Lipinski definition) is 1. The summed E-state index contributed by atoms with van der Waals surface area (Å²) in [5, 5.41) is 5.44. The SMILES string of the molecule is Cl.FC(F)c1nc2c(-c3nc(N4CCOCC4)nc4c3cnn4C3CCOCC3)cccc2[nH]1. The highest BCUT2D eigenvalue weighted by atomic mass is 35.5. The Balaban J connectivity index is 0.00000241. The van der Waals surface area contributed by atoms with E-state index in [-0.39, 0.29) is 24.3 Å². The number of anilines is 1. The Morgan fingerprint density at radius 2 is 1.76 bits per heavy atom. The summed E-state index contributed by atoms with van der Waals surface area (Å²) in [6, 6.07) is 5.60. The third-order valence-electron chi connectivity index (χ3n) is 6.27. The van der Waals surface area contributed by atoms with Crippen molar-refractivity contribution >= 4 is 40.4 Å². The van der Waals surface area contributed by atoms with E-state index in [1.807, 2.05) is 16.8 Å². The molecule has 2 aliphatic heterocycles. The van der Waals surface area contributed by atoms with Crippen molar-refractivity contribution in [3.63, 3.8) is 0 Å². The van der Waals surface area contributed by atoms with Crippen molar-refractivity contribution in [3.05, 3.63) is 30.2 Å². The van der Waals surface area contributed by atoms with E-state index in [1.165, 1.54) is 0 Å². The molecule has 0 saturated carbocycles. The predicted molar refractivity (Wildman–Crippen MR) is 125 cm³/mol. The van der Waals surface area contributed by atoms with E-state index in [0.717, 1.165) is 23.9 Å². The molecular weight excluding hydrogens is 468 g/mol. The second kappa shape index (κ2) is 9.40. The molecule has 2 aliphatic rings. The quantitative estimate of drug-likeness (QED) is 0.462. The van der Waals surface area contributed by atoms with Crippen molar-refractivity contribution < 1.29 is 18.3 Å². The third kappa shape index (κ3) is 3.97. The Labute approximate surface area is 199 Å². The maximum absolute atomic E-state index is 13.3. The Bertz CT molecular complexity index is 1300. The van der Waals surface area contributed by atoms with Crippen molar-refractivity contribution in [1.82, 2.24) is 29.7 Å². The maximum Gasteiger partial charge on any atom is 0.295 e.